The molecular weight excluding hydrogens is 350 g/mol. The maximum absolute atomic E-state index is 14.8. The van der Waals surface area contributed by atoms with Crippen LogP contribution in [0.1, 0.15) is 89.2 Å². The molecular formula is C26H38F2. The molecule has 0 N–H and O–H groups in total. The monoisotopic (exact) mass is 388 g/mol. The van der Waals surface area contributed by atoms with Gasteiger partial charge in [0, 0.05) is 12.3 Å². The first-order chi connectivity index (χ1) is 13.5. The fourth-order valence-corrected chi connectivity index (χ4v) is 5.57. The molecule has 28 heavy (non-hydrogen) atoms. The van der Waals surface area contributed by atoms with Crippen molar-refractivity contribution in [2.24, 2.45) is 23.7 Å². The van der Waals surface area contributed by atoms with E-state index < -0.39 is 5.92 Å². The van der Waals surface area contributed by atoms with Crippen LogP contribution in [0.25, 0.3) is 6.08 Å². The first-order valence-electron chi connectivity index (χ1n) is 11.7. The second kappa shape index (κ2) is 10.0. The van der Waals surface area contributed by atoms with E-state index in [4.69, 9.17) is 0 Å². The Morgan fingerprint density at radius 1 is 0.929 bits per heavy atom. The number of rotatable bonds is 7. The second-order valence-corrected chi connectivity index (χ2v) is 9.33. The lowest BCUT2D eigenvalue weighted by Crippen LogP contribution is -2.41. The van der Waals surface area contributed by atoms with Crippen LogP contribution in [-0.2, 0) is 6.42 Å². The van der Waals surface area contributed by atoms with Crippen LogP contribution in [0.5, 0.6) is 0 Å². The van der Waals surface area contributed by atoms with Gasteiger partial charge in [0.05, 0.1) is 0 Å². The van der Waals surface area contributed by atoms with Gasteiger partial charge < -0.3 is 0 Å². The number of halogens is 2. The Hall–Kier alpha value is -1.18. The molecule has 2 aliphatic rings. The Kier molecular flexibility index (Phi) is 7.71. The van der Waals surface area contributed by atoms with Crippen LogP contribution in [0.3, 0.4) is 0 Å². The Morgan fingerprint density at radius 3 is 2.25 bits per heavy atom. The molecule has 2 fully saturated rings. The zero-order valence-corrected chi connectivity index (χ0v) is 17.8. The highest BCUT2D eigenvalue weighted by atomic mass is 19.3. The van der Waals surface area contributed by atoms with Crippen LogP contribution in [0, 0.1) is 23.7 Å². The van der Waals surface area contributed by atoms with Gasteiger partial charge in [-0.25, -0.2) is 8.78 Å². The third-order valence-electron chi connectivity index (χ3n) is 7.15. The average molecular weight is 389 g/mol. The summed E-state index contributed by atoms with van der Waals surface area (Å²) in [6.07, 6.45) is 14.9. The number of allylic oxidation sites excluding steroid dienone is 1. The van der Waals surface area contributed by atoms with Gasteiger partial charge in [-0.05, 0) is 73.8 Å². The molecule has 0 radical (unpaired) electrons. The molecule has 1 aromatic carbocycles. The Balaban J connectivity index is 1.49. The molecule has 0 aromatic heterocycles. The van der Waals surface area contributed by atoms with Crippen molar-refractivity contribution in [1.29, 1.82) is 0 Å². The lowest BCUT2D eigenvalue weighted by molar-refractivity contribution is -0.128. The van der Waals surface area contributed by atoms with Gasteiger partial charge in [0.1, 0.15) is 0 Å². The fraction of sp³-hybridized carbons (Fsp3) is 0.692. The Morgan fingerprint density at radius 2 is 1.64 bits per heavy atom. The highest BCUT2D eigenvalue weighted by Gasteiger charge is 2.48. The summed E-state index contributed by atoms with van der Waals surface area (Å²) in [5.41, 5.74) is 2.65. The summed E-state index contributed by atoms with van der Waals surface area (Å²) in [5, 5.41) is 0. The van der Waals surface area contributed by atoms with Gasteiger partial charge in [-0.2, -0.15) is 0 Å². The van der Waals surface area contributed by atoms with E-state index in [0.29, 0.717) is 5.92 Å². The van der Waals surface area contributed by atoms with Crippen molar-refractivity contribution in [3.8, 4) is 0 Å². The van der Waals surface area contributed by atoms with Crippen molar-refractivity contribution in [2.75, 3.05) is 0 Å². The molecule has 3 rings (SSSR count). The summed E-state index contributed by atoms with van der Waals surface area (Å²) < 4.78 is 29.5. The summed E-state index contributed by atoms with van der Waals surface area (Å²) in [6.45, 7) is 4.31. The number of hydrogen-bond acceptors (Lipinski definition) is 0. The zero-order chi connectivity index (χ0) is 20.0. The van der Waals surface area contributed by atoms with Crippen molar-refractivity contribution >= 4 is 6.08 Å². The van der Waals surface area contributed by atoms with Gasteiger partial charge >= 0.3 is 0 Å². The molecule has 0 aliphatic heterocycles. The molecule has 0 spiro atoms. The lowest BCUT2D eigenvalue weighted by atomic mass is 9.67. The van der Waals surface area contributed by atoms with Crippen LogP contribution in [0.15, 0.2) is 30.3 Å². The highest BCUT2D eigenvalue weighted by Crippen LogP contribution is 2.50. The van der Waals surface area contributed by atoms with Gasteiger partial charge in [0.15, 0.2) is 0 Å². The minimum absolute atomic E-state index is 0.138. The van der Waals surface area contributed by atoms with E-state index in [1.54, 1.807) is 0 Å². The summed E-state index contributed by atoms with van der Waals surface area (Å²) in [7, 11) is 0. The van der Waals surface area contributed by atoms with E-state index in [-0.39, 0.29) is 24.2 Å². The highest BCUT2D eigenvalue weighted by molar-refractivity contribution is 5.50. The molecule has 0 amide bonds. The van der Waals surface area contributed by atoms with Gasteiger partial charge in [-0.1, -0.05) is 69.5 Å². The summed E-state index contributed by atoms with van der Waals surface area (Å²) in [5.74, 6) is -1.77. The molecule has 0 heterocycles. The lowest BCUT2D eigenvalue weighted by Gasteiger charge is -2.42. The predicted octanol–water partition coefficient (Wildman–Crippen LogP) is 8.31. The third kappa shape index (κ3) is 5.67. The zero-order valence-electron chi connectivity index (χ0n) is 17.8. The molecule has 0 bridgehead atoms. The van der Waals surface area contributed by atoms with Crippen molar-refractivity contribution in [3.63, 3.8) is 0 Å². The van der Waals surface area contributed by atoms with E-state index in [1.807, 2.05) is 0 Å². The Bertz CT molecular complexity index is 608. The average Bonchev–Trinajstić information content (AvgIpc) is 2.68. The number of aryl methyl sites for hydroxylation is 1. The third-order valence-corrected chi connectivity index (χ3v) is 7.15. The van der Waals surface area contributed by atoms with Crippen molar-refractivity contribution in [3.05, 3.63) is 41.5 Å². The first-order valence-corrected chi connectivity index (χ1v) is 11.7. The standard InChI is InChI=1S/C26H38F2/c1-3-5-20-7-9-21(10-8-20)11-12-22-13-16-24(17-14-22)25-18-15-23(6-4-2)19-26(25,27)28/h7-12,22-25H,3-6,13-19H2,1-2H3/b12-11+. The molecule has 0 saturated heterocycles. The predicted molar refractivity (Wildman–Crippen MR) is 116 cm³/mol. The first kappa shape index (κ1) is 21.5. The largest absolute Gasteiger partial charge is 0.251 e. The molecule has 2 unspecified atom stereocenters. The van der Waals surface area contributed by atoms with Gasteiger partial charge in [-0.15, -0.1) is 0 Å². The van der Waals surface area contributed by atoms with E-state index in [0.717, 1.165) is 57.8 Å². The summed E-state index contributed by atoms with van der Waals surface area (Å²) in [6, 6.07) is 8.83. The minimum Gasteiger partial charge on any atom is -0.207 e. The molecule has 2 saturated carbocycles. The smallest absolute Gasteiger partial charge is 0.207 e. The van der Waals surface area contributed by atoms with Crippen LogP contribution in [0.4, 0.5) is 8.78 Å². The molecule has 2 aliphatic carbocycles. The van der Waals surface area contributed by atoms with E-state index in [9.17, 15) is 8.78 Å². The topological polar surface area (TPSA) is 0 Å². The second-order valence-electron chi connectivity index (χ2n) is 9.33. The maximum atomic E-state index is 14.8. The molecule has 2 heteroatoms. The molecule has 0 nitrogen and oxygen atoms in total. The maximum Gasteiger partial charge on any atom is 0.251 e. The van der Waals surface area contributed by atoms with Gasteiger partial charge in [0.2, 0.25) is 0 Å². The van der Waals surface area contributed by atoms with Gasteiger partial charge in [0.25, 0.3) is 5.92 Å². The van der Waals surface area contributed by atoms with E-state index in [2.05, 4.69) is 50.3 Å². The SMILES string of the molecule is CCCc1ccc(/C=C/C2CCC(C3CCC(CCC)CC3(F)F)CC2)cc1. The number of benzene rings is 1. The molecule has 156 valence electrons. The van der Waals surface area contributed by atoms with Crippen molar-refractivity contribution < 1.29 is 8.78 Å². The molecule has 1 aromatic rings. The fourth-order valence-electron chi connectivity index (χ4n) is 5.57. The van der Waals surface area contributed by atoms with Crippen LogP contribution < -0.4 is 0 Å². The van der Waals surface area contributed by atoms with Crippen LogP contribution >= 0.6 is 0 Å². The van der Waals surface area contributed by atoms with Crippen LogP contribution in [-0.4, -0.2) is 5.92 Å². The quantitative estimate of drug-likeness (QED) is 0.440. The van der Waals surface area contributed by atoms with Crippen molar-refractivity contribution in [2.45, 2.75) is 90.4 Å². The van der Waals surface area contributed by atoms with Gasteiger partial charge in [-0.3, -0.25) is 0 Å². The summed E-state index contributed by atoms with van der Waals surface area (Å²) in [4.78, 5) is 0. The Labute approximate surface area is 170 Å². The van der Waals surface area contributed by atoms with E-state index in [1.165, 1.54) is 17.5 Å². The van der Waals surface area contributed by atoms with Crippen LogP contribution in [0.2, 0.25) is 0 Å². The normalized spacial score (nSPS) is 30.6. The van der Waals surface area contributed by atoms with Crippen molar-refractivity contribution in [1.82, 2.24) is 0 Å². The minimum atomic E-state index is -2.44. The number of alkyl halides is 2. The summed E-state index contributed by atoms with van der Waals surface area (Å²) >= 11 is 0. The molecule has 2 atom stereocenters. The van der Waals surface area contributed by atoms with E-state index >= 15 is 0 Å². The number of hydrogen-bond donors (Lipinski definition) is 0.